The lowest BCUT2D eigenvalue weighted by molar-refractivity contribution is -0.287. The fourth-order valence-electron chi connectivity index (χ4n) is 4.71. The summed E-state index contributed by atoms with van der Waals surface area (Å²) < 4.78 is 11.4. The molecule has 1 amide bonds. The van der Waals surface area contributed by atoms with Gasteiger partial charge in [-0.15, -0.1) is 6.58 Å². The number of hydrogen-bond donors (Lipinski definition) is 2. The lowest BCUT2D eigenvalue weighted by Gasteiger charge is -2.45. The van der Waals surface area contributed by atoms with Crippen LogP contribution in [0.3, 0.4) is 0 Å². The number of allylic oxidation sites excluding steroid dienone is 1. The van der Waals surface area contributed by atoms with Crippen LogP contribution in [0.25, 0.3) is 0 Å². The fourth-order valence-corrected chi connectivity index (χ4v) is 4.71. The first-order valence-corrected chi connectivity index (χ1v) is 11.2. The highest BCUT2D eigenvalue weighted by molar-refractivity contribution is 6.39. The van der Waals surface area contributed by atoms with Gasteiger partial charge in [-0.3, -0.25) is 9.59 Å². The van der Waals surface area contributed by atoms with Crippen molar-refractivity contribution < 1.29 is 34.1 Å². The van der Waals surface area contributed by atoms with E-state index in [-0.39, 0.29) is 19.1 Å². The van der Waals surface area contributed by atoms with Crippen molar-refractivity contribution in [3.63, 3.8) is 0 Å². The number of ketones is 1. The molecule has 0 saturated carbocycles. The van der Waals surface area contributed by atoms with Gasteiger partial charge < -0.3 is 24.6 Å². The van der Waals surface area contributed by atoms with Crippen molar-refractivity contribution in [2.24, 2.45) is 11.8 Å². The average molecular weight is 440 g/mol. The minimum absolute atomic E-state index is 0.175. The Labute approximate surface area is 184 Å². The molecule has 0 radical (unpaired) electrons. The molecule has 2 fully saturated rings. The van der Waals surface area contributed by atoms with E-state index in [2.05, 4.69) is 13.5 Å². The molecule has 2 rings (SSSR count). The first-order chi connectivity index (χ1) is 14.5. The first kappa shape index (κ1) is 25.5. The second-order valence-corrected chi connectivity index (χ2v) is 9.28. The van der Waals surface area contributed by atoms with Gasteiger partial charge in [-0.25, -0.2) is 4.79 Å². The molecule has 0 aliphatic carbocycles. The van der Waals surface area contributed by atoms with E-state index in [1.807, 2.05) is 6.92 Å². The van der Waals surface area contributed by atoms with Crippen LogP contribution in [0.15, 0.2) is 12.2 Å². The summed E-state index contributed by atoms with van der Waals surface area (Å²) in [5.74, 6) is -5.85. The van der Waals surface area contributed by atoms with Gasteiger partial charge in [0.25, 0.3) is 11.7 Å². The van der Waals surface area contributed by atoms with Crippen molar-refractivity contribution >= 4 is 17.7 Å². The molecule has 2 aliphatic heterocycles. The van der Waals surface area contributed by atoms with Gasteiger partial charge in [-0.1, -0.05) is 19.4 Å². The van der Waals surface area contributed by atoms with Crippen LogP contribution in [-0.2, 0) is 23.9 Å². The number of aliphatic carboxylic acids is 1. The highest BCUT2D eigenvalue weighted by Gasteiger charge is 2.54. The Morgan fingerprint density at radius 1 is 1.32 bits per heavy atom. The minimum atomic E-state index is -2.30. The smallest absolute Gasteiger partial charge is 0.326 e. The SMILES string of the molecule is C=C(C)C[C@H](C)CC[C@H]1O[C@@](O)(C(=O)C(=O)N2CCCC[C@H]2C(=O)O)[C@H](C)C[C@@H]1OC. The molecule has 2 N–H and O–H groups in total. The van der Waals surface area contributed by atoms with E-state index in [0.29, 0.717) is 31.6 Å². The predicted octanol–water partition coefficient (Wildman–Crippen LogP) is 2.53. The zero-order valence-corrected chi connectivity index (χ0v) is 19.1. The predicted molar refractivity (Wildman–Crippen MR) is 114 cm³/mol. The van der Waals surface area contributed by atoms with E-state index in [1.54, 1.807) is 14.0 Å². The maximum Gasteiger partial charge on any atom is 0.326 e. The number of hydrogen-bond acceptors (Lipinski definition) is 6. The van der Waals surface area contributed by atoms with E-state index in [4.69, 9.17) is 9.47 Å². The van der Waals surface area contributed by atoms with Crippen LogP contribution in [0.2, 0.25) is 0 Å². The molecule has 0 aromatic carbocycles. The number of carbonyl (C=O) groups excluding carboxylic acids is 2. The summed E-state index contributed by atoms with van der Waals surface area (Å²) in [5, 5.41) is 20.6. The number of carbonyl (C=O) groups is 3. The van der Waals surface area contributed by atoms with Crippen LogP contribution in [0.4, 0.5) is 0 Å². The standard InChI is InChI=1S/C23H37NO7/c1-14(2)12-15(3)9-10-18-19(30-5)13-16(4)23(29,31-18)20(25)21(26)24-11-7-6-8-17(24)22(27)28/h15-19,29H,1,6-13H2,2-5H3,(H,27,28)/t15-,16-,17+,18-,19+,23-/m1/s1. The third kappa shape index (κ3) is 5.93. The summed E-state index contributed by atoms with van der Waals surface area (Å²) in [4.78, 5) is 38.7. The lowest BCUT2D eigenvalue weighted by Crippen LogP contribution is -2.62. The number of piperidine rings is 1. The first-order valence-electron chi connectivity index (χ1n) is 11.2. The maximum absolute atomic E-state index is 13.1. The number of ether oxygens (including phenoxy) is 2. The molecule has 0 bridgehead atoms. The monoisotopic (exact) mass is 439 g/mol. The number of likely N-dealkylation sites (tertiary alicyclic amines) is 1. The quantitative estimate of drug-likeness (QED) is 0.419. The van der Waals surface area contributed by atoms with Crippen LogP contribution in [0.5, 0.6) is 0 Å². The van der Waals surface area contributed by atoms with Gasteiger partial charge in [0.15, 0.2) is 0 Å². The molecule has 2 aliphatic rings. The molecule has 31 heavy (non-hydrogen) atoms. The number of nitrogens with zero attached hydrogens (tertiary/aromatic N) is 1. The van der Waals surface area contributed by atoms with Crippen LogP contribution < -0.4 is 0 Å². The number of Topliss-reactive ketones (excluding diaryl/α,β-unsaturated/α-hetero) is 1. The van der Waals surface area contributed by atoms with Crippen LogP contribution >= 0.6 is 0 Å². The molecule has 0 spiro atoms. The maximum atomic E-state index is 13.1. The Bertz CT molecular complexity index is 693. The van der Waals surface area contributed by atoms with Crippen molar-refractivity contribution in [1.29, 1.82) is 0 Å². The van der Waals surface area contributed by atoms with Crippen molar-refractivity contribution in [3.05, 3.63) is 12.2 Å². The number of carboxylic acids is 1. The number of aliphatic hydroxyl groups is 1. The second kappa shape index (κ2) is 10.7. The Morgan fingerprint density at radius 3 is 2.58 bits per heavy atom. The molecule has 2 heterocycles. The summed E-state index contributed by atoms with van der Waals surface area (Å²) in [6, 6.07) is -1.06. The van der Waals surface area contributed by atoms with Gasteiger partial charge in [-0.2, -0.15) is 0 Å². The molecular weight excluding hydrogens is 402 g/mol. The topological polar surface area (TPSA) is 113 Å². The van der Waals surface area contributed by atoms with E-state index in [9.17, 15) is 24.6 Å². The molecule has 8 nitrogen and oxygen atoms in total. The summed E-state index contributed by atoms with van der Waals surface area (Å²) in [5.41, 5.74) is 1.08. The zero-order chi connectivity index (χ0) is 23.3. The number of rotatable bonds is 9. The van der Waals surface area contributed by atoms with Gasteiger partial charge >= 0.3 is 5.97 Å². The van der Waals surface area contributed by atoms with Gasteiger partial charge in [0.2, 0.25) is 5.79 Å². The highest BCUT2D eigenvalue weighted by Crippen LogP contribution is 2.37. The van der Waals surface area contributed by atoms with E-state index in [1.165, 1.54) is 0 Å². The lowest BCUT2D eigenvalue weighted by atomic mass is 9.83. The molecule has 0 unspecified atom stereocenters. The summed E-state index contributed by atoms with van der Waals surface area (Å²) in [6.07, 6.45) is 3.30. The van der Waals surface area contributed by atoms with Crippen molar-refractivity contribution in [3.8, 4) is 0 Å². The largest absolute Gasteiger partial charge is 0.480 e. The Kier molecular flexibility index (Phi) is 8.80. The van der Waals surface area contributed by atoms with Gasteiger partial charge in [-0.05, 0) is 57.8 Å². The Hall–Kier alpha value is -1.77. The second-order valence-electron chi connectivity index (χ2n) is 9.28. The molecule has 2 saturated heterocycles. The Balaban J connectivity index is 2.16. The highest BCUT2D eigenvalue weighted by atomic mass is 16.7. The van der Waals surface area contributed by atoms with E-state index < -0.39 is 41.5 Å². The molecule has 8 heteroatoms. The molecule has 0 aromatic rings. The number of methoxy groups -OCH3 is 1. The fraction of sp³-hybridized carbons (Fsp3) is 0.783. The summed E-state index contributed by atoms with van der Waals surface area (Å²) in [6.45, 7) is 9.83. The normalized spacial score (nSPS) is 32.4. The molecule has 6 atom stereocenters. The van der Waals surface area contributed by atoms with Crippen LogP contribution in [0, 0.1) is 11.8 Å². The van der Waals surface area contributed by atoms with Crippen molar-refractivity contribution in [1.82, 2.24) is 4.90 Å². The zero-order valence-electron chi connectivity index (χ0n) is 19.1. The third-order valence-corrected chi connectivity index (χ3v) is 6.51. The minimum Gasteiger partial charge on any atom is -0.480 e. The van der Waals surface area contributed by atoms with Gasteiger partial charge in [0.05, 0.1) is 12.2 Å². The average Bonchev–Trinajstić information content (AvgIpc) is 2.72. The third-order valence-electron chi connectivity index (χ3n) is 6.51. The number of amides is 1. The van der Waals surface area contributed by atoms with Crippen LogP contribution in [0.1, 0.15) is 65.7 Å². The van der Waals surface area contributed by atoms with Crippen LogP contribution in [-0.4, -0.2) is 70.5 Å². The number of carboxylic acid groups (broad SMARTS) is 1. The molecular formula is C23H37NO7. The van der Waals surface area contributed by atoms with Gasteiger partial charge in [0, 0.05) is 19.6 Å². The van der Waals surface area contributed by atoms with Crippen molar-refractivity contribution in [2.75, 3.05) is 13.7 Å². The Morgan fingerprint density at radius 2 is 2.00 bits per heavy atom. The van der Waals surface area contributed by atoms with E-state index >= 15 is 0 Å². The summed E-state index contributed by atoms with van der Waals surface area (Å²) in [7, 11) is 1.56. The van der Waals surface area contributed by atoms with Gasteiger partial charge in [0.1, 0.15) is 6.04 Å². The van der Waals surface area contributed by atoms with E-state index in [0.717, 1.165) is 23.3 Å². The molecule has 176 valence electrons. The van der Waals surface area contributed by atoms with Crippen molar-refractivity contribution in [2.45, 2.75) is 89.8 Å². The molecule has 0 aromatic heterocycles. The summed E-state index contributed by atoms with van der Waals surface area (Å²) >= 11 is 0.